The van der Waals surface area contributed by atoms with E-state index in [1.165, 1.54) is 11.8 Å². The molecule has 0 saturated carbocycles. The zero-order valence-corrected chi connectivity index (χ0v) is 11.9. The van der Waals surface area contributed by atoms with Crippen molar-refractivity contribution < 1.29 is 4.74 Å². The van der Waals surface area contributed by atoms with Crippen molar-refractivity contribution in [3.05, 3.63) is 30.6 Å². The summed E-state index contributed by atoms with van der Waals surface area (Å²) in [5, 5.41) is 3.75. The predicted octanol–water partition coefficient (Wildman–Crippen LogP) is 2.55. The van der Waals surface area contributed by atoms with Gasteiger partial charge in [0, 0.05) is 7.05 Å². The molecule has 0 amide bonds. The lowest BCUT2D eigenvalue weighted by Crippen LogP contribution is -1.98. The summed E-state index contributed by atoms with van der Waals surface area (Å²) < 4.78 is 5.36. The lowest BCUT2D eigenvalue weighted by Gasteiger charge is -2.08. The van der Waals surface area contributed by atoms with Gasteiger partial charge in [0.25, 0.3) is 0 Å². The largest absolute Gasteiger partial charge is 0.496 e. The number of aromatic amines is 1. The first-order valence-electron chi connectivity index (χ1n) is 6.01. The molecule has 1 aromatic carbocycles. The summed E-state index contributed by atoms with van der Waals surface area (Å²) in [4.78, 5) is 17.0. The molecule has 0 radical (unpaired) electrons. The van der Waals surface area contributed by atoms with E-state index in [0.29, 0.717) is 11.6 Å². The van der Waals surface area contributed by atoms with Crippen LogP contribution in [0.3, 0.4) is 0 Å². The molecule has 0 spiro atoms. The van der Waals surface area contributed by atoms with Crippen molar-refractivity contribution in [3.8, 4) is 5.75 Å². The van der Waals surface area contributed by atoms with Crippen molar-refractivity contribution in [1.82, 2.24) is 19.9 Å². The van der Waals surface area contributed by atoms with Crippen LogP contribution in [0, 0.1) is 0 Å². The van der Waals surface area contributed by atoms with Gasteiger partial charge in [-0.3, -0.25) is 0 Å². The number of hydrogen-bond acceptors (Lipinski definition) is 6. The first-order chi connectivity index (χ1) is 9.81. The number of nitrogens with zero attached hydrogens (tertiary/aromatic N) is 3. The Morgan fingerprint density at radius 2 is 2.10 bits per heavy atom. The summed E-state index contributed by atoms with van der Waals surface area (Å²) >= 11 is 1.52. The number of H-pyrrole nitrogens is 1. The van der Waals surface area contributed by atoms with Crippen LogP contribution in [0.1, 0.15) is 0 Å². The Bertz CT molecular complexity index is 742. The molecule has 0 bridgehead atoms. The lowest BCUT2D eigenvalue weighted by molar-refractivity contribution is 0.405. The van der Waals surface area contributed by atoms with Gasteiger partial charge in [0.1, 0.15) is 16.3 Å². The van der Waals surface area contributed by atoms with Gasteiger partial charge in [0.15, 0.2) is 5.65 Å². The third-order valence-electron chi connectivity index (χ3n) is 2.75. The van der Waals surface area contributed by atoms with E-state index in [-0.39, 0.29) is 0 Å². The van der Waals surface area contributed by atoms with Crippen molar-refractivity contribution in [3.63, 3.8) is 0 Å². The number of hydrogen-bond donors (Lipinski definition) is 2. The molecule has 0 fully saturated rings. The van der Waals surface area contributed by atoms with Crippen LogP contribution >= 0.6 is 11.8 Å². The van der Waals surface area contributed by atoms with Crippen LogP contribution < -0.4 is 10.1 Å². The maximum atomic E-state index is 5.36. The van der Waals surface area contributed by atoms with Gasteiger partial charge in [-0.15, -0.1) is 0 Å². The second kappa shape index (κ2) is 5.38. The van der Waals surface area contributed by atoms with Gasteiger partial charge in [0.05, 0.1) is 18.3 Å². The number of benzene rings is 1. The highest BCUT2D eigenvalue weighted by Gasteiger charge is 2.12. The van der Waals surface area contributed by atoms with Gasteiger partial charge in [-0.05, 0) is 12.1 Å². The van der Waals surface area contributed by atoms with Crippen molar-refractivity contribution in [2.75, 3.05) is 19.5 Å². The molecule has 6 nitrogen and oxygen atoms in total. The zero-order valence-electron chi connectivity index (χ0n) is 11.0. The molecule has 0 aliphatic heterocycles. The molecule has 102 valence electrons. The average Bonchev–Trinajstić information content (AvgIpc) is 2.96. The molecule has 3 rings (SSSR count). The minimum atomic E-state index is 0.544. The van der Waals surface area contributed by atoms with Crippen LogP contribution in [0.5, 0.6) is 5.75 Å². The number of anilines is 1. The topological polar surface area (TPSA) is 75.7 Å². The fraction of sp³-hybridized carbons (Fsp3) is 0.154. The van der Waals surface area contributed by atoms with Crippen molar-refractivity contribution in [2.24, 2.45) is 0 Å². The Morgan fingerprint density at radius 1 is 1.25 bits per heavy atom. The number of imidazole rings is 1. The Labute approximate surface area is 120 Å². The second-order valence-electron chi connectivity index (χ2n) is 3.96. The van der Waals surface area contributed by atoms with Gasteiger partial charge in [0.2, 0.25) is 5.95 Å². The maximum absolute atomic E-state index is 5.36. The monoisotopic (exact) mass is 287 g/mol. The molecule has 3 aromatic rings. The standard InChI is InChI=1S/C13H13N5OS/c1-14-13-17-11-10(15-7-16-11)12(18-13)20-9-6-4-3-5-8(9)19-2/h3-7H,1-2H3,(H2,14,15,16,17,18). The van der Waals surface area contributed by atoms with E-state index in [1.807, 2.05) is 24.3 Å². The third-order valence-corrected chi connectivity index (χ3v) is 3.80. The van der Waals surface area contributed by atoms with Gasteiger partial charge >= 0.3 is 0 Å². The fourth-order valence-corrected chi connectivity index (χ4v) is 2.79. The van der Waals surface area contributed by atoms with E-state index >= 15 is 0 Å². The van der Waals surface area contributed by atoms with Gasteiger partial charge in [-0.25, -0.2) is 9.97 Å². The second-order valence-corrected chi connectivity index (χ2v) is 4.99. The third kappa shape index (κ3) is 2.27. The molecule has 20 heavy (non-hydrogen) atoms. The molecule has 2 aromatic heterocycles. The lowest BCUT2D eigenvalue weighted by atomic mass is 10.3. The van der Waals surface area contributed by atoms with E-state index in [2.05, 4.69) is 25.3 Å². The molecule has 7 heteroatoms. The summed E-state index contributed by atoms with van der Waals surface area (Å²) in [6.07, 6.45) is 1.62. The quantitative estimate of drug-likeness (QED) is 0.718. The van der Waals surface area contributed by atoms with Crippen LogP contribution in [-0.2, 0) is 0 Å². The van der Waals surface area contributed by atoms with Gasteiger partial charge < -0.3 is 15.0 Å². The predicted molar refractivity (Wildman–Crippen MR) is 78.3 cm³/mol. The summed E-state index contributed by atoms with van der Waals surface area (Å²) in [6, 6.07) is 7.82. The summed E-state index contributed by atoms with van der Waals surface area (Å²) in [6.45, 7) is 0. The normalized spacial score (nSPS) is 10.7. The van der Waals surface area contributed by atoms with E-state index in [0.717, 1.165) is 21.2 Å². The number of ether oxygens (including phenoxy) is 1. The summed E-state index contributed by atoms with van der Waals surface area (Å²) in [5.41, 5.74) is 1.46. The van der Waals surface area contributed by atoms with E-state index in [9.17, 15) is 0 Å². The average molecular weight is 287 g/mol. The van der Waals surface area contributed by atoms with Crippen molar-refractivity contribution >= 4 is 28.9 Å². The first kappa shape index (κ1) is 12.7. The van der Waals surface area contributed by atoms with Crippen LogP contribution in [0.2, 0.25) is 0 Å². The fourth-order valence-electron chi connectivity index (χ4n) is 1.80. The molecular weight excluding hydrogens is 274 g/mol. The maximum Gasteiger partial charge on any atom is 0.225 e. The summed E-state index contributed by atoms with van der Waals surface area (Å²) in [5.74, 6) is 1.36. The SMILES string of the molecule is CNc1nc(Sc2ccccc2OC)c2[nH]cnc2n1. The van der Waals surface area contributed by atoms with E-state index < -0.39 is 0 Å². The molecular formula is C13H13N5OS. The molecule has 2 heterocycles. The van der Waals surface area contributed by atoms with E-state index in [1.54, 1.807) is 20.5 Å². The van der Waals surface area contributed by atoms with E-state index in [4.69, 9.17) is 4.74 Å². The number of fused-ring (bicyclic) bond motifs is 1. The molecule has 2 N–H and O–H groups in total. The van der Waals surface area contributed by atoms with Crippen LogP contribution in [0.15, 0.2) is 40.5 Å². The molecule has 0 aliphatic carbocycles. The van der Waals surface area contributed by atoms with Gasteiger partial charge in [-0.1, -0.05) is 23.9 Å². The molecule has 0 saturated heterocycles. The van der Waals surface area contributed by atoms with Crippen molar-refractivity contribution in [2.45, 2.75) is 9.92 Å². The highest BCUT2D eigenvalue weighted by atomic mass is 32.2. The minimum Gasteiger partial charge on any atom is -0.496 e. The smallest absolute Gasteiger partial charge is 0.225 e. The highest BCUT2D eigenvalue weighted by molar-refractivity contribution is 7.99. The number of rotatable bonds is 4. The molecule has 0 aliphatic rings. The van der Waals surface area contributed by atoms with Crippen LogP contribution in [-0.4, -0.2) is 34.1 Å². The van der Waals surface area contributed by atoms with Crippen molar-refractivity contribution in [1.29, 1.82) is 0 Å². The first-order valence-corrected chi connectivity index (χ1v) is 6.83. The number of methoxy groups -OCH3 is 1. The zero-order chi connectivity index (χ0) is 13.9. The molecule has 0 unspecified atom stereocenters. The number of nitrogens with one attached hydrogen (secondary N) is 2. The number of para-hydroxylation sites is 1. The molecule has 0 atom stereocenters. The van der Waals surface area contributed by atoms with Crippen LogP contribution in [0.4, 0.5) is 5.95 Å². The highest BCUT2D eigenvalue weighted by Crippen LogP contribution is 2.36. The minimum absolute atomic E-state index is 0.544. The Morgan fingerprint density at radius 3 is 2.90 bits per heavy atom. The Kier molecular flexibility index (Phi) is 3.42. The van der Waals surface area contributed by atoms with Gasteiger partial charge in [-0.2, -0.15) is 4.98 Å². The van der Waals surface area contributed by atoms with Crippen LogP contribution in [0.25, 0.3) is 11.2 Å². The Hall–Kier alpha value is -2.28. The Balaban J connectivity index is 2.07. The number of aromatic nitrogens is 4. The summed E-state index contributed by atoms with van der Waals surface area (Å²) in [7, 11) is 3.44.